The van der Waals surface area contributed by atoms with E-state index in [1.165, 1.54) is 0 Å². The number of hydrogen-bond donors (Lipinski definition) is 3. The topological polar surface area (TPSA) is 61.4 Å². The molecule has 0 aliphatic rings. The molecule has 2 amide bonds. The van der Waals surface area contributed by atoms with Crippen LogP contribution >= 0.6 is 22.6 Å². The standard InChI is InChI=1S/C12H17IN2O2/c1-9(4-3-7-16)14-12(17)15-11-6-2-5-10(13)8-11/h2,5-6,8-9,16H,3-4,7H2,1H3,(H2,14,15,17). The van der Waals surface area contributed by atoms with Gasteiger partial charge in [-0.2, -0.15) is 0 Å². The van der Waals surface area contributed by atoms with E-state index in [1.807, 2.05) is 31.2 Å². The Kier molecular flexibility index (Phi) is 6.28. The first-order chi connectivity index (χ1) is 8.11. The van der Waals surface area contributed by atoms with E-state index in [-0.39, 0.29) is 18.7 Å². The van der Waals surface area contributed by atoms with Gasteiger partial charge in [0.25, 0.3) is 0 Å². The Balaban J connectivity index is 2.39. The second-order valence-electron chi connectivity index (χ2n) is 3.88. The van der Waals surface area contributed by atoms with Gasteiger partial charge in [0.1, 0.15) is 0 Å². The zero-order chi connectivity index (χ0) is 12.7. The van der Waals surface area contributed by atoms with Crippen LogP contribution in [0.1, 0.15) is 19.8 Å². The van der Waals surface area contributed by atoms with Gasteiger partial charge in [0.05, 0.1) is 0 Å². The van der Waals surface area contributed by atoms with Gasteiger partial charge in [-0.25, -0.2) is 4.79 Å². The first-order valence-corrected chi connectivity index (χ1v) is 6.63. The van der Waals surface area contributed by atoms with Crippen molar-refractivity contribution >= 4 is 34.3 Å². The second kappa shape index (κ2) is 7.50. The van der Waals surface area contributed by atoms with Gasteiger partial charge in [-0.05, 0) is 60.6 Å². The fourth-order valence-electron chi connectivity index (χ4n) is 1.43. The fraction of sp³-hybridized carbons (Fsp3) is 0.417. The first-order valence-electron chi connectivity index (χ1n) is 5.55. The number of amides is 2. The van der Waals surface area contributed by atoms with Crippen LogP contribution in [0.4, 0.5) is 10.5 Å². The number of rotatable bonds is 5. The lowest BCUT2D eigenvalue weighted by Crippen LogP contribution is -2.36. The minimum absolute atomic E-state index is 0.0601. The van der Waals surface area contributed by atoms with E-state index in [0.717, 1.165) is 15.7 Å². The number of carbonyl (C=O) groups is 1. The number of halogens is 1. The molecular weight excluding hydrogens is 331 g/mol. The van der Waals surface area contributed by atoms with Crippen LogP contribution in [-0.2, 0) is 0 Å². The molecule has 0 radical (unpaired) electrons. The lowest BCUT2D eigenvalue weighted by Gasteiger charge is -2.14. The number of urea groups is 1. The van der Waals surface area contributed by atoms with Crippen molar-refractivity contribution in [2.45, 2.75) is 25.8 Å². The number of anilines is 1. The molecule has 94 valence electrons. The molecule has 3 N–H and O–H groups in total. The molecular formula is C12H17IN2O2. The van der Waals surface area contributed by atoms with E-state index < -0.39 is 0 Å². The highest BCUT2D eigenvalue weighted by molar-refractivity contribution is 14.1. The number of hydrogen-bond acceptors (Lipinski definition) is 2. The average Bonchev–Trinajstić information content (AvgIpc) is 2.26. The monoisotopic (exact) mass is 348 g/mol. The van der Waals surface area contributed by atoms with Crippen molar-refractivity contribution in [1.82, 2.24) is 5.32 Å². The van der Waals surface area contributed by atoms with Crippen LogP contribution in [0.15, 0.2) is 24.3 Å². The van der Waals surface area contributed by atoms with Gasteiger partial charge < -0.3 is 15.7 Å². The molecule has 1 aromatic rings. The largest absolute Gasteiger partial charge is 0.396 e. The Labute approximate surface area is 115 Å². The Morgan fingerprint density at radius 1 is 1.53 bits per heavy atom. The Morgan fingerprint density at radius 2 is 2.29 bits per heavy atom. The number of aliphatic hydroxyl groups excluding tert-OH is 1. The summed E-state index contributed by atoms with van der Waals surface area (Å²) in [5.74, 6) is 0. The van der Waals surface area contributed by atoms with Crippen LogP contribution < -0.4 is 10.6 Å². The van der Waals surface area contributed by atoms with Crippen molar-refractivity contribution in [2.24, 2.45) is 0 Å². The minimum Gasteiger partial charge on any atom is -0.396 e. The highest BCUT2D eigenvalue weighted by Gasteiger charge is 2.06. The predicted octanol–water partition coefficient (Wildman–Crippen LogP) is 2.57. The third kappa shape index (κ3) is 5.88. The van der Waals surface area contributed by atoms with Gasteiger partial charge >= 0.3 is 6.03 Å². The van der Waals surface area contributed by atoms with Crippen LogP contribution in [0.2, 0.25) is 0 Å². The smallest absolute Gasteiger partial charge is 0.319 e. The van der Waals surface area contributed by atoms with Gasteiger partial charge in [0, 0.05) is 21.9 Å². The van der Waals surface area contributed by atoms with E-state index in [0.29, 0.717) is 6.42 Å². The molecule has 5 heteroatoms. The van der Waals surface area contributed by atoms with Crippen molar-refractivity contribution in [3.63, 3.8) is 0 Å². The van der Waals surface area contributed by atoms with Gasteiger partial charge in [0.2, 0.25) is 0 Å². The summed E-state index contributed by atoms with van der Waals surface area (Å²) in [4.78, 5) is 11.6. The third-order valence-corrected chi connectivity index (χ3v) is 2.93. The number of aliphatic hydroxyl groups is 1. The summed E-state index contributed by atoms with van der Waals surface area (Å²) in [7, 11) is 0. The summed E-state index contributed by atoms with van der Waals surface area (Å²) >= 11 is 2.20. The molecule has 1 rings (SSSR count). The molecule has 0 aromatic heterocycles. The molecule has 0 fully saturated rings. The Hall–Kier alpha value is -0.820. The fourth-order valence-corrected chi connectivity index (χ4v) is 1.97. The average molecular weight is 348 g/mol. The highest BCUT2D eigenvalue weighted by Crippen LogP contribution is 2.12. The van der Waals surface area contributed by atoms with Crippen molar-refractivity contribution in [3.8, 4) is 0 Å². The van der Waals surface area contributed by atoms with Crippen LogP contribution in [0.5, 0.6) is 0 Å². The van der Waals surface area contributed by atoms with E-state index >= 15 is 0 Å². The summed E-state index contributed by atoms with van der Waals surface area (Å²) in [6.45, 7) is 2.08. The van der Waals surface area contributed by atoms with E-state index in [2.05, 4.69) is 33.2 Å². The number of carbonyl (C=O) groups excluding carboxylic acids is 1. The molecule has 0 aliphatic carbocycles. The molecule has 0 heterocycles. The maximum atomic E-state index is 11.6. The lowest BCUT2D eigenvalue weighted by atomic mass is 10.2. The zero-order valence-electron chi connectivity index (χ0n) is 9.74. The zero-order valence-corrected chi connectivity index (χ0v) is 11.9. The van der Waals surface area contributed by atoms with E-state index in [4.69, 9.17) is 5.11 Å². The summed E-state index contributed by atoms with van der Waals surface area (Å²) in [5.41, 5.74) is 0.781. The molecule has 0 spiro atoms. The molecule has 1 atom stereocenters. The Bertz CT molecular complexity index is 371. The lowest BCUT2D eigenvalue weighted by molar-refractivity contribution is 0.245. The van der Waals surface area contributed by atoms with Crippen molar-refractivity contribution < 1.29 is 9.90 Å². The molecule has 17 heavy (non-hydrogen) atoms. The van der Waals surface area contributed by atoms with Gasteiger partial charge in [-0.3, -0.25) is 0 Å². The van der Waals surface area contributed by atoms with Gasteiger partial charge in [-0.1, -0.05) is 6.07 Å². The molecule has 0 saturated heterocycles. The summed E-state index contributed by atoms with van der Waals surface area (Å²) in [5, 5.41) is 14.3. The maximum absolute atomic E-state index is 11.6. The van der Waals surface area contributed by atoms with Gasteiger partial charge in [-0.15, -0.1) is 0 Å². The highest BCUT2D eigenvalue weighted by atomic mass is 127. The molecule has 0 saturated carbocycles. The molecule has 4 nitrogen and oxygen atoms in total. The SMILES string of the molecule is CC(CCCO)NC(=O)Nc1cccc(I)c1. The first kappa shape index (κ1) is 14.2. The third-order valence-electron chi connectivity index (χ3n) is 2.26. The quantitative estimate of drug-likeness (QED) is 0.717. The van der Waals surface area contributed by atoms with Crippen LogP contribution in [0.25, 0.3) is 0 Å². The van der Waals surface area contributed by atoms with E-state index in [9.17, 15) is 4.79 Å². The predicted molar refractivity (Wildman–Crippen MR) is 77.1 cm³/mol. The van der Waals surface area contributed by atoms with Gasteiger partial charge in [0.15, 0.2) is 0 Å². The van der Waals surface area contributed by atoms with Crippen molar-refractivity contribution in [3.05, 3.63) is 27.8 Å². The number of nitrogens with one attached hydrogen (secondary N) is 2. The van der Waals surface area contributed by atoms with Crippen LogP contribution in [0.3, 0.4) is 0 Å². The molecule has 1 unspecified atom stereocenters. The summed E-state index contributed by atoms with van der Waals surface area (Å²) < 4.78 is 1.08. The van der Waals surface area contributed by atoms with Crippen LogP contribution in [-0.4, -0.2) is 23.8 Å². The number of benzene rings is 1. The van der Waals surface area contributed by atoms with Crippen LogP contribution in [0, 0.1) is 3.57 Å². The van der Waals surface area contributed by atoms with E-state index in [1.54, 1.807) is 0 Å². The molecule has 1 aromatic carbocycles. The molecule has 0 bridgehead atoms. The second-order valence-corrected chi connectivity index (χ2v) is 5.12. The van der Waals surface area contributed by atoms with Crippen molar-refractivity contribution in [2.75, 3.05) is 11.9 Å². The summed E-state index contributed by atoms with van der Waals surface area (Å²) in [6.07, 6.45) is 1.47. The Morgan fingerprint density at radius 3 is 2.94 bits per heavy atom. The summed E-state index contributed by atoms with van der Waals surface area (Å²) in [6, 6.07) is 7.46. The minimum atomic E-state index is -0.211. The van der Waals surface area contributed by atoms with Crippen molar-refractivity contribution in [1.29, 1.82) is 0 Å². The normalized spacial score (nSPS) is 11.9. The molecule has 0 aliphatic heterocycles. The maximum Gasteiger partial charge on any atom is 0.319 e.